The zero-order chi connectivity index (χ0) is 14.5. The summed E-state index contributed by atoms with van der Waals surface area (Å²) in [5.41, 5.74) is 0. The van der Waals surface area contributed by atoms with Gasteiger partial charge < -0.3 is 10.6 Å². The zero-order valence-corrected chi connectivity index (χ0v) is 13.5. The van der Waals surface area contributed by atoms with Gasteiger partial charge in [0.15, 0.2) is 0 Å². The van der Waals surface area contributed by atoms with Crippen LogP contribution in [0.1, 0.15) is 31.2 Å². The Hall–Kier alpha value is -1.11. The highest BCUT2D eigenvalue weighted by molar-refractivity contribution is 7.16. The van der Waals surface area contributed by atoms with Gasteiger partial charge >= 0.3 is 0 Å². The normalized spacial score (nSPS) is 12.2. The number of hydrogen-bond acceptors (Lipinski definition) is 6. The van der Waals surface area contributed by atoms with Gasteiger partial charge in [-0.1, -0.05) is 18.5 Å². The van der Waals surface area contributed by atoms with Gasteiger partial charge in [0.2, 0.25) is 17.2 Å². The van der Waals surface area contributed by atoms with Crippen molar-refractivity contribution < 1.29 is 0 Å². The summed E-state index contributed by atoms with van der Waals surface area (Å²) in [5, 5.41) is 6.45. The van der Waals surface area contributed by atoms with Crippen LogP contribution in [0.15, 0.2) is 12.1 Å². The maximum absolute atomic E-state index is 5.93. The van der Waals surface area contributed by atoms with Crippen LogP contribution in [0.2, 0.25) is 9.62 Å². The third-order valence-electron chi connectivity index (χ3n) is 2.51. The van der Waals surface area contributed by atoms with Gasteiger partial charge in [0.25, 0.3) is 0 Å². The van der Waals surface area contributed by atoms with E-state index in [0.717, 1.165) is 22.2 Å². The number of nitrogens with zero attached hydrogens (tertiary/aromatic N) is 3. The van der Waals surface area contributed by atoms with E-state index >= 15 is 0 Å². The Labute approximate surface area is 131 Å². The summed E-state index contributed by atoms with van der Waals surface area (Å²) in [5.74, 6) is 0.923. The van der Waals surface area contributed by atoms with Crippen molar-refractivity contribution in [3.8, 4) is 0 Å². The molecule has 0 radical (unpaired) electrons. The molecule has 2 aromatic heterocycles. The number of thiophene rings is 1. The first kappa shape index (κ1) is 15.3. The van der Waals surface area contributed by atoms with Crippen LogP contribution in [0.3, 0.4) is 0 Å². The first-order valence-corrected chi connectivity index (χ1v) is 7.83. The molecular weight excluding hydrogens is 317 g/mol. The molecule has 2 heterocycles. The number of rotatable bonds is 6. The first-order valence-electron chi connectivity index (χ1n) is 6.25. The van der Waals surface area contributed by atoms with E-state index in [0.29, 0.717) is 11.9 Å². The Balaban J connectivity index is 2.10. The van der Waals surface area contributed by atoms with Crippen molar-refractivity contribution in [3.05, 3.63) is 26.6 Å². The van der Waals surface area contributed by atoms with E-state index < -0.39 is 0 Å². The molecule has 0 saturated carbocycles. The van der Waals surface area contributed by atoms with Gasteiger partial charge in [-0.25, -0.2) is 0 Å². The van der Waals surface area contributed by atoms with Crippen molar-refractivity contribution in [1.29, 1.82) is 0 Å². The van der Waals surface area contributed by atoms with Gasteiger partial charge in [-0.15, -0.1) is 11.3 Å². The Morgan fingerprint density at radius 1 is 1.20 bits per heavy atom. The molecule has 2 N–H and O–H groups in total. The molecule has 0 amide bonds. The maximum Gasteiger partial charge on any atom is 0.229 e. The van der Waals surface area contributed by atoms with Crippen LogP contribution in [-0.4, -0.2) is 21.5 Å². The van der Waals surface area contributed by atoms with E-state index in [-0.39, 0.29) is 11.3 Å². The van der Waals surface area contributed by atoms with Crippen molar-refractivity contribution in [1.82, 2.24) is 15.0 Å². The van der Waals surface area contributed by atoms with E-state index in [2.05, 4.69) is 32.5 Å². The number of nitrogens with one attached hydrogen (secondary N) is 2. The molecule has 0 saturated heterocycles. The second-order valence-electron chi connectivity index (χ2n) is 4.19. The molecule has 0 aliphatic rings. The Morgan fingerprint density at radius 3 is 2.60 bits per heavy atom. The molecule has 0 fully saturated rings. The first-order chi connectivity index (χ1) is 9.58. The number of hydrogen-bond donors (Lipinski definition) is 2. The number of halogens is 2. The van der Waals surface area contributed by atoms with Crippen molar-refractivity contribution in [2.75, 3.05) is 17.2 Å². The Bertz CT molecular complexity index is 575. The molecule has 5 nitrogen and oxygen atoms in total. The minimum atomic E-state index is 0.0463. The highest BCUT2D eigenvalue weighted by Crippen LogP contribution is 2.28. The lowest BCUT2D eigenvalue weighted by molar-refractivity contribution is 0.866. The molecule has 0 spiro atoms. The topological polar surface area (TPSA) is 62.7 Å². The largest absolute Gasteiger partial charge is 0.354 e. The molecule has 0 aliphatic carbocycles. The lowest BCUT2D eigenvalue weighted by Gasteiger charge is -2.13. The zero-order valence-electron chi connectivity index (χ0n) is 11.2. The molecule has 0 aliphatic heterocycles. The van der Waals surface area contributed by atoms with E-state index in [4.69, 9.17) is 23.2 Å². The molecule has 2 rings (SSSR count). The second-order valence-corrected chi connectivity index (χ2v) is 6.27. The van der Waals surface area contributed by atoms with Crippen LogP contribution in [0.25, 0.3) is 0 Å². The minimum absolute atomic E-state index is 0.0463. The van der Waals surface area contributed by atoms with E-state index in [1.807, 2.05) is 19.1 Å². The fraction of sp³-hybridized carbons (Fsp3) is 0.417. The molecule has 108 valence electrons. The lowest BCUT2D eigenvalue weighted by atomic mass is 10.3. The van der Waals surface area contributed by atoms with Crippen LogP contribution in [0, 0.1) is 0 Å². The summed E-state index contributed by atoms with van der Waals surface area (Å²) < 4.78 is 0.757. The summed E-state index contributed by atoms with van der Waals surface area (Å²) in [6.45, 7) is 4.87. The summed E-state index contributed by atoms with van der Waals surface area (Å²) in [7, 11) is 0. The highest BCUT2D eigenvalue weighted by atomic mass is 35.5. The summed E-state index contributed by atoms with van der Waals surface area (Å²) in [6.07, 6.45) is 0.982. The molecule has 1 atom stereocenters. The number of anilines is 2. The average Bonchev–Trinajstić information content (AvgIpc) is 2.82. The summed E-state index contributed by atoms with van der Waals surface area (Å²) in [4.78, 5) is 13.5. The molecule has 2 aromatic rings. The standard InChI is InChI=1S/C12H15Cl2N5S/c1-3-6-15-11-17-10(14)18-12(19-11)16-7(2)8-4-5-9(13)20-8/h4-5,7H,3,6H2,1-2H3,(H2,15,16,17,18,19). The van der Waals surface area contributed by atoms with Crippen LogP contribution < -0.4 is 10.6 Å². The highest BCUT2D eigenvalue weighted by Gasteiger charge is 2.11. The monoisotopic (exact) mass is 331 g/mol. The average molecular weight is 332 g/mol. The Kier molecular flexibility index (Phi) is 5.39. The van der Waals surface area contributed by atoms with Gasteiger partial charge in [0.1, 0.15) is 0 Å². The van der Waals surface area contributed by atoms with Crippen LogP contribution in [0.5, 0.6) is 0 Å². The van der Waals surface area contributed by atoms with Crippen LogP contribution in [0.4, 0.5) is 11.9 Å². The fourth-order valence-electron chi connectivity index (χ4n) is 1.56. The Morgan fingerprint density at radius 2 is 1.95 bits per heavy atom. The van der Waals surface area contributed by atoms with E-state index in [1.165, 1.54) is 11.3 Å². The summed E-state index contributed by atoms with van der Waals surface area (Å²) in [6, 6.07) is 3.89. The summed E-state index contributed by atoms with van der Waals surface area (Å²) >= 11 is 13.4. The van der Waals surface area contributed by atoms with Crippen molar-refractivity contribution in [2.45, 2.75) is 26.3 Å². The van der Waals surface area contributed by atoms with Crippen molar-refractivity contribution >= 4 is 46.4 Å². The quantitative estimate of drug-likeness (QED) is 0.829. The van der Waals surface area contributed by atoms with Gasteiger partial charge in [-0.3, -0.25) is 0 Å². The molecule has 1 unspecified atom stereocenters. The molecule has 0 bridgehead atoms. The maximum atomic E-state index is 5.93. The van der Waals surface area contributed by atoms with Crippen LogP contribution >= 0.6 is 34.5 Å². The SMILES string of the molecule is CCCNc1nc(Cl)nc(NC(C)c2ccc(Cl)s2)n1. The van der Waals surface area contributed by atoms with Gasteiger partial charge in [0.05, 0.1) is 10.4 Å². The number of aromatic nitrogens is 3. The molecule has 20 heavy (non-hydrogen) atoms. The predicted molar refractivity (Wildman–Crippen MR) is 85.0 cm³/mol. The third kappa shape index (κ3) is 4.19. The fourth-order valence-corrected chi connectivity index (χ4v) is 2.78. The molecule has 8 heteroatoms. The smallest absolute Gasteiger partial charge is 0.229 e. The minimum Gasteiger partial charge on any atom is -0.354 e. The van der Waals surface area contributed by atoms with E-state index in [9.17, 15) is 0 Å². The van der Waals surface area contributed by atoms with Gasteiger partial charge in [-0.2, -0.15) is 15.0 Å². The third-order valence-corrected chi connectivity index (χ3v) is 4.09. The van der Waals surface area contributed by atoms with Gasteiger partial charge in [-0.05, 0) is 37.1 Å². The predicted octanol–water partition coefficient (Wildman–Crippen LogP) is 4.23. The van der Waals surface area contributed by atoms with Crippen LogP contribution in [-0.2, 0) is 0 Å². The van der Waals surface area contributed by atoms with Crippen molar-refractivity contribution in [3.63, 3.8) is 0 Å². The van der Waals surface area contributed by atoms with E-state index in [1.54, 1.807) is 0 Å². The molecular formula is C12H15Cl2N5S. The molecule has 0 aromatic carbocycles. The van der Waals surface area contributed by atoms with Crippen molar-refractivity contribution in [2.24, 2.45) is 0 Å². The second kappa shape index (κ2) is 7.06. The van der Waals surface area contributed by atoms with Gasteiger partial charge in [0, 0.05) is 11.4 Å². The lowest BCUT2D eigenvalue weighted by Crippen LogP contribution is -2.12.